The molecule has 2 saturated heterocycles. The molecule has 0 unspecified atom stereocenters. The number of piperidine rings is 1. The number of piperazine rings is 1. The Morgan fingerprint density at radius 3 is 2.46 bits per heavy atom. The smallest absolute Gasteiger partial charge is 0.0220 e. The number of aryl methyl sites for hydroxylation is 1. The number of nitrogens with zero attached hydrogens (tertiary/aromatic N) is 3. The SMILES string of the molecule is C[C@H](CCc1ccccc1)N1CCN(C[C@H]2CCCCN2C)CC1. The lowest BCUT2D eigenvalue weighted by molar-refractivity contribution is 0.0673. The minimum Gasteiger partial charge on any atom is -0.302 e. The summed E-state index contributed by atoms with van der Waals surface area (Å²) in [4.78, 5) is 7.98. The maximum atomic E-state index is 2.70. The maximum Gasteiger partial charge on any atom is 0.0220 e. The van der Waals surface area contributed by atoms with Crippen LogP contribution in [-0.4, -0.2) is 73.1 Å². The van der Waals surface area contributed by atoms with Gasteiger partial charge in [0.25, 0.3) is 0 Å². The van der Waals surface area contributed by atoms with Crippen LogP contribution in [0.4, 0.5) is 0 Å². The molecule has 0 N–H and O–H groups in total. The Morgan fingerprint density at radius 2 is 1.75 bits per heavy atom. The van der Waals surface area contributed by atoms with Crippen molar-refractivity contribution in [3.8, 4) is 0 Å². The molecule has 2 fully saturated rings. The second-order valence-corrected chi connectivity index (χ2v) is 7.84. The zero-order chi connectivity index (χ0) is 16.8. The summed E-state index contributed by atoms with van der Waals surface area (Å²) in [5.41, 5.74) is 1.48. The van der Waals surface area contributed by atoms with Crippen molar-refractivity contribution in [1.82, 2.24) is 14.7 Å². The molecule has 24 heavy (non-hydrogen) atoms. The molecule has 0 aromatic heterocycles. The van der Waals surface area contributed by atoms with Crippen LogP contribution in [0.25, 0.3) is 0 Å². The Bertz CT molecular complexity index is 467. The summed E-state index contributed by atoms with van der Waals surface area (Å²) < 4.78 is 0. The summed E-state index contributed by atoms with van der Waals surface area (Å²) in [6.07, 6.45) is 6.68. The molecule has 0 bridgehead atoms. The van der Waals surface area contributed by atoms with Crippen LogP contribution in [-0.2, 0) is 6.42 Å². The van der Waals surface area contributed by atoms with E-state index in [-0.39, 0.29) is 0 Å². The van der Waals surface area contributed by atoms with Crippen LogP contribution < -0.4 is 0 Å². The minimum absolute atomic E-state index is 0.699. The summed E-state index contributed by atoms with van der Waals surface area (Å²) in [5.74, 6) is 0. The molecular formula is C21H35N3. The highest BCUT2D eigenvalue weighted by Crippen LogP contribution is 2.18. The van der Waals surface area contributed by atoms with E-state index in [1.54, 1.807) is 0 Å². The fraction of sp³-hybridized carbons (Fsp3) is 0.714. The molecule has 3 heteroatoms. The topological polar surface area (TPSA) is 9.72 Å². The highest BCUT2D eigenvalue weighted by molar-refractivity contribution is 5.14. The average molecular weight is 330 g/mol. The number of likely N-dealkylation sites (N-methyl/N-ethyl adjacent to an activating group) is 1. The zero-order valence-electron chi connectivity index (χ0n) is 15.7. The van der Waals surface area contributed by atoms with Gasteiger partial charge < -0.3 is 4.90 Å². The second kappa shape index (κ2) is 8.98. The summed E-state index contributed by atoms with van der Waals surface area (Å²) in [6.45, 7) is 9.97. The van der Waals surface area contributed by atoms with Crippen molar-refractivity contribution in [3.63, 3.8) is 0 Å². The molecule has 1 aromatic rings. The van der Waals surface area contributed by atoms with E-state index in [1.165, 1.54) is 76.9 Å². The second-order valence-electron chi connectivity index (χ2n) is 7.84. The van der Waals surface area contributed by atoms with Crippen LogP contribution in [0.15, 0.2) is 30.3 Å². The van der Waals surface area contributed by atoms with Crippen molar-refractivity contribution in [2.75, 3.05) is 46.3 Å². The molecule has 3 nitrogen and oxygen atoms in total. The predicted octanol–water partition coefficient (Wildman–Crippen LogP) is 3.11. The molecule has 0 saturated carbocycles. The summed E-state index contributed by atoms with van der Waals surface area (Å²) >= 11 is 0. The van der Waals surface area contributed by atoms with E-state index in [9.17, 15) is 0 Å². The largest absolute Gasteiger partial charge is 0.302 e. The first kappa shape index (κ1) is 17.9. The predicted molar refractivity (Wildman–Crippen MR) is 103 cm³/mol. The van der Waals surface area contributed by atoms with Gasteiger partial charge in [0.1, 0.15) is 0 Å². The van der Waals surface area contributed by atoms with E-state index in [1.807, 2.05) is 0 Å². The molecule has 0 spiro atoms. The Balaban J connectivity index is 1.38. The zero-order valence-corrected chi connectivity index (χ0v) is 15.7. The Morgan fingerprint density at radius 1 is 1.00 bits per heavy atom. The van der Waals surface area contributed by atoms with E-state index < -0.39 is 0 Å². The van der Waals surface area contributed by atoms with Crippen molar-refractivity contribution in [3.05, 3.63) is 35.9 Å². The van der Waals surface area contributed by atoms with E-state index in [4.69, 9.17) is 0 Å². The van der Waals surface area contributed by atoms with Crippen LogP contribution in [0.2, 0.25) is 0 Å². The van der Waals surface area contributed by atoms with Crippen LogP contribution in [0.3, 0.4) is 0 Å². The third-order valence-corrected chi connectivity index (χ3v) is 6.11. The van der Waals surface area contributed by atoms with Gasteiger partial charge in [-0.25, -0.2) is 0 Å². The molecule has 0 radical (unpaired) electrons. The first-order valence-corrected chi connectivity index (χ1v) is 9.93. The molecule has 1 aromatic carbocycles. The van der Waals surface area contributed by atoms with Crippen molar-refractivity contribution >= 4 is 0 Å². The van der Waals surface area contributed by atoms with Crippen LogP contribution in [0, 0.1) is 0 Å². The summed E-state index contributed by atoms with van der Waals surface area (Å²) in [5, 5.41) is 0. The maximum absolute atomic E-state index is 2.70. The minimum atomic E-state index is 0.699. The molecule has 2 aliphatic heterocycles. The Kier molecular flexibility index (Phi) is 6.70. The average Bonchev–Trinajstić information content (AvgIpc) is 2.63. The number of hydrogen-bond acceptors (Lipinski definition) is 3. The Labute approximate surface area is 148 Å². The molecule has 0 aliphatic carbocycles. The van der Waals surface area contributed by atoms with Gasteiger partial charge >= 0.3 is 0 Å². The van der Waals surface area contributed by atoms with Gasteiger partial charge in [-0.15, -0.1) is 0 Å². The lowest BCUT2D eigenvalue weighted by Gasteiger charge is -2.41. The van der Waals surface area contributed by atoms with Gasteiger partial charge in [-0.1, -0.05) is 36.8 Å². The van der Waals surface area contributed by atoms with Gasteiger partial charge in [-0.3, -0.25) is 9.80 Å². The lowest BCUT2D eigenvalue weighted by atomic mass is 10.0. The number of benzene rings is 1. The van der Waals surface area contributed by atoms with Crippen LogP contribution in [0.5, 0.6) is 0 Å². The van der Waals surface area contributed by atoms with Crippen LogP contribution in [0.1, 0.15) is 38.2 Å². The van der Waals surface area contributed by atoms with Crippen LogP contribution >= 0.6 is 0 Å². The Hall–Kier alpha value is -0.900. The van der Waals surface area contributed by atoms with E-state index in [0.29, 0.717) is 6.04 Å². The highest BCUT2D eigenvalue weighted by Gasteiger charge is 2.25. The quantitative estimate of drug-likeness (QED) is 0.794. The molecule has 2 heterocycles. The normalized spacial score (nSPS) is 25.7. The number of rotatable bonds is 6. The monoisotopic (exact) mass is 329 g/mol. The number of likely N-dealkylation sites (tertiary alicyclic amines) is 1. The van der Waals surface area contributed by atoms with E-state index in [2.05, 4.69) is 59.0 Å². The highest BCUT2D eigenvalue weighted by atomic mass is 15.3. The van der Waals surface area contributed by atoms with Gasteiger partial charge in [0.2, 0.25) is 0 Å². The molecule has 134 valence electrons. The fourth-order valence-electron chi connectivity index (χ4n) is 4.26. The van der Waals surface area contributed by atoms with Crippen molar-refractivity contribution in [2.45, 2.75) is 51.1 Å². The first-order valence-electron chi connectivity index (χ1n) is 9.93. The van der Waals surface area contributed by atoms with Gasteiger partial charge in [0.05, 0.1) is 0 Å². The van der Waals surface area contributed by atoms with E-state index in [0.717, 1.165) is 6.04 Å². The van der Waals surface area contributed by atoms with Crippen molar-refractivity contribution in [1.29, 1.82) is 0 Å². The van der Waals surface area contributed by atoms with E-state index >= 15 is 0 Å². The third kappa shape index (κ3) is 5.05. The fourth-order valence-corrected chi connectivity index (χ4v) is 4.26. The standard InChI is InChI=1S/C21H35N3/c1-19(11-12-20-8-4-3-5-9-20)24-16-14-23(15-17-24)18-21-10-6-7-13-22(21)2/h3-5,8-9,19,21H,6-7,10-18H2,1-2H3/t19-,21-/m1/s1. The molecular weight excluding hydrogens is 294 g/mol. The molecule has 2 atom stereocenters. The van der Waals surface area contributed by atoms with Crippen molar-refractivity contribution < 1.29 is 0 Å². The summed E-state index contributed by atoms with van der Waals surface area (Å²) in [6, 6.07) is 12.4. The van der Waals surface area contributed by atoms with Gasteiger partial charge in [-0.05, 0) is 51.8 Å². The van der Waals surface area contributed by atoms with Gasteiger partial charge in [-0.2, -0.15) is 0 Å². The summed E-state index contributed by atoms with van der Waals surface area (Å²) in [7, 11) is 2.31. The van der Waals surface area contributed by atoms with Crippen molar-refractivity contribution in [2.24, 2.45) is 0 Å². The molecule has 2 aliphatic rings. The number of hydrogen-bond donors (Lipinski definition) is 0. The first-order chi connectivity index (χ1) is 11.7. The molecule has 3 rings (SSSR count). The molecule has 0 amide bonds. The van der Waals surface area contributed by atoms with Gasteiger partial charge in [0.15, 0.2) is 0 Å². The van der Waals surface area contributed by atoms with Gasteiger partial charge in [0, 0.05) is 44.8 Å². The lowest BCUT2D eigenvalue weighted by Crippen LogP contribution is -2.53. The third-order valence-electron chi connectivity index (χ3n) is 6.11.